The largest absolute Gasteiger partial charge is 0.330 e. The molecule has 2 amide bonds. The van der Waals surface area contributed by atoms with Crippen LogP contribution in [0.4, 0.5) is 10.5 Å². The van der Waals surface area contributed by atoms with Gasteiger partial charge in [0.25, 0.3) is 0 Å². The number of hydrogen-bond donors (Lipinski definition) is 2. The number of carbonyl (C=O) groups excluding carboxylic acids is 1. The van der Waals surface area contributed by atoms with Gasteiger partial charge in [-0.2, -0.15) is 10.2 Å². The average Bonchev–Trinajstić information content (AvgIpc) is 3.18. The summed E-state index contributed by atoms with van der Waals surface area (Å²) in [5.41, 5.74) is 5.05. The topological polar surface area (TPSA) is 89.1 Å². The van der Waals surface area contributed by atoms with Crippen LogP contribution in [0.5, 0.6) is 0 Å². The van der Waals surface area contributed by atoms with E-state index in [-0.39, 0.29) is 12.1 Å². The lowest BCUT2D eigenvalue weighted by atomic mass is 10.2. The molecule has 3 aromatic rings. The number of aryl methyl sites for hydroxylation is 2. The molecule has 3 aromatic heterocycles. The van der Waals surface area contributed by atoms with E-state index in [1.165, 1.54) is 11.3 Å². The Labute approximate surface area is 143 Å². The van der Waals surface area contributed by atoms with Crippen molar-refractivity contribution in [3.8, 4) is 0 Å². The van der Waals surface area contributed by atoms with E-state index < -0.39 is 0 Å². The summed E-state index contributed by atoms with van der Waals surface area (Å²) in [4.78, 5) is 17.6. The van der Waals surface area contributed by atoms with E-state index in [9.17, 15) is 4.79 Å². The first-order chi connectivity index (χ1) is 11.5. The molecule has 24 heavy (non-hydrogen) atoms. The lowest BCUT2D eigenvalue weighted by Crippen LogP contribution is -2.31. The second kappa shape index (κ2) is 6.60. The molecule has 0 saturated carbocycles. The summed E-state index contributed by atoms with van der Waals surface area (Å²) in [6, 6.07) is -0.487. The molecule has 3 rings (SSSR count). The van der Waals surface area contributed by atoms with Crippen molar-refractivity contribution in [2.24, 2.45) is 0 Å². The maximum Gasteiger partial charge on any atom is 0.319 e. The average molecular weight is 347 g/mol. The maximum atomic E-state index is 12.3. The zero-order valence-electron chi connectivity index (χ0n) is 14.2. The van der Waals surface area contributed by atoms with Crippen LogP contribution in [0, 0.1) is 13.8 Å². The molecule has 3 heterocycles. The minimum atomic E-state index is -0.269. The highest BCUT2D eigenvalue weighted by Gasteiger charge is 2.17. The number of aromatic nitrogens is 5. The molecule has 0 bridgehead atoms. The standard InChI is InChI=1S/C15H21N7OS/c1-5-6-21-11(4)13(10(3)20-21)19-14(23)17-9(2)12-7-22-15(18-12)24-8-16-22/h7-9H,5-6H2,1-4H3,(H2,17,19,23). The number of fused-ring (bicyclic) bond motifs is 1. The van der Waals surface area contributed by atoms with Gasteiger partial charge in [0.1, 0.15) is 5.51 Å². The van der Waals surface area contributed by atoms with Gasteiger partial charge in [0, 0.05) is 6.54 Å². The van der Waals surface area contributed by atoms with E-state index in [2.05, 4.69) is 32.7 Å². The number of carbonyl (C=O) groups is 1. The van der Waals surface area contributed by atoms with Crippen molar-refractivity contribution in [3.63, 3.8) is 0 Å². The van der Waals surface area contributed by atoms with Crippen molar-refractivity contribution in [3.05, 3.63) is 28.8 Å². The number of anilines is 1. The monoisotopic (exact) mass is 347 g/mol. The molecule has 1 atom stereocenters. The van der Waals surface area contributed by atoms with E-state index in [0.717, 1.165) is 40.7 Å². The fraction of sp³-hybridized carbons (Fsp3) is 0.467. The van der Waals surface area contributed by atoms with Gasteiger partial charge in [0.15, 0.2) is 0 Å². The van der Waals surface area contributed by atoms with Crippen LogP contribution < -0.4 is 10.6 Å². The summed E-state index contributed by atoms with van der Waals surface area (Å²) in [5, 5.41) is 14.4. The molecule has 0 aliphatic carbocycles. The second-order valence-corrected chi connectivity index (χ2v) is 6.53. The van der Waals surface area contributed by atoms with Crippen molar-refractivity contribution in [1.29, 1.82) is 0 Å². The minimum absolute atomic E-state index is 0.217. The third-order valence-electron chi connectivity index (χ3n) is 3.85. The Balaban J connectivity index is 1.68. The van der Waals surface area contributed by atoms with E-state index in [1.807, 2.05) is 31.6 Å². The van der Waals surface area contributed by atoms with Gasteiger partial charge >= 0.3 is 6.03 Å². The van der Waals surface area contributed by atoms with E-state index in [1.54, 1.807) is 10.0 Å². The molecule has 0 aliphatic heterocycles. The molecule has 8 nitrogen and oxygen atoms in total. The highest BCUT2D eigenvalue weighted by atomic mass is 32.1. The number of rotatable bonds is 5. The molecule has 0 saturated heterocycles. The van der Waals surface area contributed by atoms with Crippen LogP contribution in [0.2, 0.25) is 0 Å². The first-order valence-corrected chi connectivity index (χ1v) is 8.77. The van der Waals surface area contributed by atoms with E-state index >= 15 is 0 Å². The van der Waals surface area contributed by atoms with Crippen LogP contribution in [-0.2, 0) is 6.54 Å². The predicted octanol–water partition coefficient (Wildman–Crippen LogP) is 2.90. The molecule has 2 N–H and O–H groups in total. The minimum Gasteiger partial charge on any atom is -0.330 e. The Kier molecular flexibility index (Phi) is 4.52. The Bertz CT molecular complexity index is 834. The van der Waals surface area contributed by atoms with Crippen molar-refractivity contribution in [2.45, 2.75) is 46.7 Å². The molecule has 0 aliphatic rings. The Hall–Kier alpha value is -2.42. The SMILES string of the molecule is CCCn1nc(C)c(NC(=O)NC(C)c2cn3ncsc3n2)c1C. The third kappa shape index (κ3) is 3.12. The predicted molar refractivity (Wildman–Crippen MR) is 93.4 cm³/mol. The van der Waals surface area contributed by atoms with Gasteiger partial charge in [-0.15, -0.1) is 0 Å². The summed E-state index contributed by atoms with van der Waals surface area (Å²) in [6.45, 7) is 8.69. The quantitative estimate of drug-likeness (QED) is 0.743. The van der Waals surface area contributed by atoms with Gasteiger partial charge in [-0.1, -0.05) is 18.3 Å². The molecule has 0 spiro atoms. The lowest BCUT2D eigenvalue weighted by molar-refractivity contribution is 0.249. The van der Waals surface area contributed by atoms with Crippen LogP contribution in [0.15, 0.2) is 11.7 Å². The summed E-state index contributed by atoms with van der Waals surface area (Å²) in [6.07, 6.45) is 2.82. The zero-order chi connectivity index (χ0) is 17.3. The van der Waals surface area contributed by atoms with Gasteiger partial charge in [-0.25, -0.2) is 14.3 Å². The van der Waals surface area contributed by atoms with Crippen LogP contribution in [-0.4, -0.2) is 30.4 Å². The molecule has 0 aromatic carbocycles. The number of hydrogen-bond acceptors (Lipinski definition) is 5. The second-order valence-electron chi connectivity index (χ2n) is 5.72. The molecular formula is C15H21N7OS. The van der Waals surface area contributed by atoms with Crippen molar-refractivity contribution in [1.82, 2.24) is 29.7 Å². The van der Waals surface area contributed by atoms with Gasteiger partial charge in [-0.3, -0.25) is 4.68 Å². The Morgan fingerprint density at radius 1 is 1.42 bits per heavy atom. The molecule has 9 heteroatoms. The normalized spacial score (nSPS) is 12.5. The lowest BCUT2D eigenvalue weighted by Gasteiger charge is -2.13. The van der Waals surface area contributed by atoms with Crippen LogP contribution >= 0.6 is 11.3 Å². The summed E-state index contributed by atoms with van der Waals surface area (Å²) in [7, 11) is 0. The number of nitrogens with one attached hydrogen (secondary N) is 2. The fourth-order valence-electron chi connectivity index (χ4n) is 2.59. The highest BCUT2D eigenvalue weighted by Crippen LogP contribution is 2.20. The summed E-state index contributed by atoms with van der Waals surface area (Å²) in [5.74, 6) is 0. The zero-order valence-corrected chi connectivity index (χ0v) is 15.0. The first kappa shape index (κ1) is 16.4. The first-order valence-electron chi connectivity index (χ1n) is 7.90. The van der Waals surface area contributed by atoms with Crippen LogP contribution in [0.25, 0.3) is 4.96 Å². The molecular weight excluding hydrogens is 326 g/mol. The smallest absolute Gasteiger partial charge is 0.319 e. The highest BCUT2D eigenvalue weighted by molar-refractivity contribution is 7.14. The molecule has 128 valence electrons. The van der Waals surface area contributed by atoms with Crippen LogP contribution in [0.1, 0.15) is 43.4 Å². The van der Waals surface area contributed by atoms with E-state index in [4.69, 9.17) is 0 Å². The van der Waals surface area contributed by atoms with Crippen molar-refractivity contribution >= 4 is 28.0 Å². The number of amides is 2. The van der Waals surface area contributed by atoms with Crippen molar-refractivity contribution in [2.75, 3.05) is 5.32 Å². The van der Waals surface area contributed by atoms with Gasteiger partial charge in [0.2, 0.25) is 4.96 Å². The molecule has 0 fully saturated rings. The molecule has 0 radical (unpaired) electrons. The summed E-state index contributed by atoms with van der Waals surface area (Å²) >= 11 is 1.46. The van der Waals surface area contributed by atoms with Gasteiger partial charge in [-0.05, 0) is 27.2 Å². The van der Waals surface area contributed by atoms with Crippen LogP contribution in [0.3, 0.4) is 0 Å². The number of imidazole rings is 1. The van der Waals surface area contributed by atoms with Gasteiger partial charge < -0.3 is 10.6 Å². The summed E-state index contributed by atoms with van der Waals surface area (Å²) < 4.78 is 3.63. The Morgan fingerprint density at radius 2 is 2.21 bits per heavy atom. The molecule has 1 unspecified atom stereocenters. The number of urea groups is 1. The van der Waals surface area contributed by atoms with Crippen molar-refractivity contribution < 1.29 is 4.79 Å². The number of nitrogens with zero attached hydrogens (tertiary/aromatic N) is 5. The fourth-order valence-corrected chi connectivity index (χ4v) is 3.20. The van der Waals surface area contributed by atoms with Gasteiger partial charge in [0.05, 0.1) is 35.0 Å². The third-order valence-corrected chi connectivity index (χ3v) is 4.54. The van der Waals surface area contributed by atoms with E-state index in [0.29, 0.717) is 0 Å². The maximum absolute atomic E-state index is 12.3. The Morgan fingerprint density at radius 3 is 2.92 bits per heavy atom.